The maximum Gasteiger partial charge on any atom is 0.573 e. The van der Waals surface area contributed by atoms with Gasteiger partial charge in [0.15, 0.2) is 6.10 Å². The second-order valence-electron chi connectivity index (χ2n) is 6.47. The van der Waals surface area contributed by atoms with Gasteiger partial charge in [-0.2, -0.15) is 13.2 Å². The van der Waals surface area contributed by atoms with E-state index in [1.54, 1.807) is 0 Å². The molecule has 1 atom stereocenters. The van der Waals surface area contributed by atoms with Gasteiger partial charge in [0.2, 0.25) is 0 Å². The van der Waals surface area contributed by atoms with Crippen LogP contribution in [0.4, 0.5) is 26.3 Å². The van der Waals surface area contributed by atoms with Crippen molar-refractivity contribution in [2.75, 3.05) is 6.54 Å². The van der Waals surface area contributed by atoms with E-state index in [2.05, 4.69) is 4.74 Å². The van der Waals surface area contributed by atoms with E-state index < -0.39 is 30.9 Å². The molecule has 1 unspecified atom stereocenters. The number of hydrogen-bond acceptors (Lipinski definition) is 3. The minimum absolute atomic E-state index is 0.00681. The van der Waals surface area contributed by atoms with Crippen LogP contribution >= 0.6 is 0 Å². The van der Waals surface area contributed by atoms with Crippen LogP contribution < -0.4 is 4.74 Å². The first-order chi connectivity index (χ1) is 12.0. The highest BCUT2D eigenvalue weighted by Gasteiger charge is 2.40. The Hall–Kier alpha value is -1.48. The largest absolute Gasteiger partial charge is 0.573 e. The molecule has 148 valence electrons. The van der Waals surface area contributed by atoms with Crippen LogP contribution in [0, 0.1) is 0 Å². The van der Waals surface area contributed by atoms with Crippen molar-refractivity contribution in [1.29, 1.82) is 0 Å². The van der Waals surface area contributed by atoms with Crippen LogP contribution in [-0.4, -0.2) is 41.2 Å². The first-order valence-electron chi connectivity index (χ1n) is 8.38. The summed E-state index contributed by atoms with van der Waals surface area (Å²) in [5.74, 6) is -0.421. The molecule has 26 heavy (non-hydrogen) atoms. The molecule has 0 spiro atoms. The van der Waals surface area contributed by atoms with E-state index in [9.17, 15) is 31.4 Å². The van der Waals surface area contributed by atoms with Crippen LogP contribution in [0.5, 0.6) is 5.75 Å². The Morgan fingerprint density at radius 2 is 1.73 bits per heavy atom. The van der Waals surface area contributed by atoms with E-state index in [0.29, 0.717) is 18.4 Å². The monoisotopic (exact) mass is 385 g/mol. The minimum atomic E-state index is -4.84. The average Bonchev–Trinajstić information content (AvgIpc) is 2.53. The van der Waals surface area contributed by atoms with E-state index in [-0.39, 0.29) is 12.6 Å². The Kier molecular flexibility index (Phi) is 6.79. The second-order valence-corrected chi connectivity index (χ2v) is 6.47. The lowest BCUT2D eigenvalue weighted by Gasteiger charge is -2.36. The first kappa shape index (κ1) is 20.8. The van der Waals surface area contributed by atoms with Crippen LogP contribution in [-0.2, 0) is 6.54 Å². The molecular weight excluding hydrogens is 364 g/mol. The predicted octanol–water partition coefficient (Wildman–Crippen LogP) is 4.64. The van der Waals surface area contributed by atoms with E-state index in [0.717, 1.165) is 31.4 Å². The van der Waals surface area contributed by atoms with Gasteiger partial charge in [0.1, 0.15) is 5.75 Å². The van der Waals surface area contributed by atoms with Crippen molar-refractivity contribution >= 4 is 0 Å². The zero-order valence-corrected chi connectivity index (χ0v) is 14.0. The number of aliphatic hydroxyl groups excluding tert-OH is 1. The van der Waals surface area contributed by atoms with Gasteiger partial charge in [0.25, 0.3) is 0 Å². The van der Waals surface area contributed by atoms with Gasteiger partial charge in [-0.05, 0) is 30.5 Å². The van der Waals surface area contributed by atoms with E-state index in [4.69, 9.17) is 0 Å². The van der Waals surface area contributed by atoms with Crippen LogP contribution in [0.2, 0.25) is 0 Å². The topological polar surface area (TPSA) is 32.7 Å². The summed E-state index contributed by atoms with van der Waals surface area (Å²) in [5.41, 5.74) is 0.395. The van der Waals surface area contributed by atoms with Crippen LogP contribution in [0.1, 0.15) is 37.7 Å². The number of ether oxygens (including phenoxy) is 1. The summed E-state index contributed by atoms with van der Waals surface area (Å²) in [7, 11) is 0. The molecule has 1 N–H and O–H groups in total. The molecule has 0 radical (unpaired) electrons. The van der Waals surface area contributed by atoms with Gasteiger partial charge in [-0.15, -0.1) is 13.2 Å². The van der Waals surface area contributed by atoms with Crippen molar-refractivity contribution in [2.45, 2.75) is 63.3 Å². The number of halogens is 6. The summed E-state index contributed by atoms with van der Waals surface area (Å²) >= 11 is 0. The molecule has 0 amide bonds. The standard InChI is InChI=1S/C17H21F6NO2/c18-16(19,20)15(25)11-24(13-6-2-1-3-7-13)10-12-5-4-8-14(9-12)26-17(21,22)23/h4-5,8-9,13,15,25H,1-3,6-7,10-11H2. The van der Waals surface area contributed by atoms with Gasteiger partial charge in [-0.25, -0.2) is 0 Å². The third-order valence-corrected chi connectivity index (χ3v) is 4.39. The number of aliphatic hydroxyl groups is 1. The zero-order valence-electron chi connectivity index (χ0n) is 14.0. The Morgan fingerprint density at radius 1 is 1.08 bits per heavy atom. The zero-order chi connectivity index (χ0) is 19.4. The molecule has 0 bridgehead atoms. The SMILES string of the molecule is OC(CN(Cc1cccc(OC(F)(F)F)c1)C1CCCCC1)C(F)(F)F. The molecule has 3 nitrogen and oxygen atoms in total. The van der Waals surface area contributed by atoms with Crippen molar-refractivity contribution in [3.05, 3.63) is 29.8 Å². The fourth-order valence-corrected chi connectivity index (χ4v) is 3.19. The molecule has 0 aromatic heterocycles. The number of hydrogen-bond donors (Lipinski definition) is 1. The van der Waals surface area contributed by atoms with Crippen LogP contribution in [0.15, 0.2) is 24.3 Å². The van der Waals surface area contributed by atoms with Gasteiger partial charge in [0, 0.05) is 19.1 Å². The highest BCUT2D eigenvalue weighted by atomic mass is 19.4. The molecular formula is C17H21F6NO2. The normalized spacial score (nSPS) is 18.2. The van der Waals surface area contributed by atoms with Crippen molar-refractivity contribution in [3.63, 3.8) is 0 Å². The highest BCUT2D eigenvalue weighted by molar-refractivity contribution is 5.28. The number of alkyl halides is 6. The molecule has 1 fully saturated rings. The smallest absolute Gasteiger partial charge is 0.406 e. The molecule has 0 saturated heterocycles. The molecule has 1 aromatic carbocycles. The summed E-state index contributed by atoms with van der Waals surface area (Å²) in [6, 6.07) is 5.03. The maximum atomic E-state index is 12.7. The van der Waals surface area contributed by atoms with Gasteiger partial charge < -0.3 is 9.84 Å². The van der Waals surface area contributed by atoms with Gasteiger partial charge >= 0.3 is 12.5 Å². The quantitative estimate of drug-likeness (QED) is 0.724. The van der Waals surface area contributed by atoms with Gasteiger partial charge in [0.05, 0.1) is 0 Å². The minimum Gasteiger partial charge on any atom is -0.406 e. The summed E-state index contributed by atoms with van der Waals surface area (Å²) in [4.78, 5) is 1.50. The van der Waals surface area contributed by atoms with Crippen molar-refractivity contribution < 1.29 is 36.2 Å². The van der Waals surface area contributed by atoms with Crippen LogP contribution in [0.25, 0.3) is 0 Å². The Balaban J connectivity index is 2.13. The molecule has 1 aliphatic carbocycles. The van der Waals surface area contributed by atoms with Gasteiger partial charge in [-0.3, -0.25) is 4.90 Å². The van der Waals surface area contributed by atoms with Gasteiger partial charge in [-0.1, -0.05) is 31.4 Å². The van der Waals surface area contributed by atoms with Crippen molar-refractivity contribution in [3.8, 4) is 5.75 Å². The summed E-state index contributed by atoms with van der Waals surface area (Å²) in [6.45, 7) is -0.606. The Bertz CT molecular complexity index is 569. The Labute approximate surface area is 147 Å². The first-order valence-corrected chi connectivity index (χ1v) is 8.38. The molecule has 2 rings (SSSR count). The van der Waals surface area contributed by atoms with E-state index >= 15 is 0 Å². The molecule has 1 aromatic rings. The van der Waals surface area contributed by atoms with Crippen molar-refractivity contribution in [2.24, 2.45) is 0 Å². The predicted molar refractivity (Wildman–Crippen MR) is 82.5 cm³/mol. The van der Waals surface area contributed by atoms with E-state index in [1.165, 1.54) is 17.0 Å². The number of rotatable bonds is 6. The third kappa shape index (κ3) is 6.68. The summed E-state index contributed by atoms with van der Waals surface area (Å²) in [5, 5.41) is 9.43. The molecule has 0 aliphatic heterocycles. The van der Waals surface area contributed by atoms with Crippen LogP contribution in [0.3, 0.4) is 0 Å². The number of nitrogens with zero attached hydrogens (tertiary/aromatic N) is 1. The third-order valence-electron chi connectivity index (χ3n) is 4.39. The fraction of sp³-hybridized carbons (Fsp3) is 0.647. The van der Waals surface area contributed by atoms with Crippen molar-refractivity contribution in [1.82, 2.24) is 4.90 Å². The molecule has 1 saturated carbocycles. The fourth-order valence-electron chi connectivity index (χ4n) is 3.19. The summed E-state index contributed by atoms with van der Waals surface area (Å²) in [6.07, 6.45) is -7.93. The molecule has 9 heteroatoms. The number of benzene rings is 1. The Morgan fingerprint density at radius 3 is 2.31 bits per heavy atom. The average molecular weight is 385 g/mol. The summed E-state index contributed by atoms with van der Waals surface area (Å²) < 4.78 is 79.1. The lowest BCUT2D eigenvalue weighted by atomic mass is 9.93. The second kappa shape index (κ2) is 8.47. The van der Waals surface area contributed by atoms with E-state index in [1.807, 2.05) is 0 Å². The molecule has 1 aliphatic rings. The lowest BCUT2D eigenvalue weighted by Crippen LogP contribution is -2.45. The molecule has 0 heterocycles. The highest BCUT2D eigenvalue weighted by Crippen LogP contribution is 2.29. The maximum absolute atomic E-state index is 12.7. The lowest BCUT2D eigenvalue weighted by molar-refractivity contribution is -0.274.